The average Bonchev–Trinajstić information content (AvgIpc) is 3.54. The lowest BCUT2D eigenvalue weighted by Gasteiger charge is -2.37. The number of amides is 1. The Bertz CT molecular complexity index is 1090. The van der Waals surface area contributed by atoms with Gasteiger partial charge < -0.3 is 10.1 Å². The molecule has 0 bridgehead atoms. The van der Waals surface area contributed by atoms with Crippen LogP contribution in [-0.2, 0) is 9.53 Å². The largest absolute Gasteiger partial charge is 0.467 e. The Kier molecular flexibility index (Phi) is 4.76. The van der Waals surface area contributed by atoms with E-state index in [4.69, 9.17) is 4.74 Å². The minimum absolute atomic E-state index is 0.0286. The number of hydrogen-bond donors (Lipinski definition) is 2. The van der Waals surface area contributed by atoms with E-state index in [0.29, 0.717) is 18.8 Å². The molecule has 29 heavy (non-hydrogen) atoms. The van der Waals surface area contributed by atoms with Crippen molar-refractivity contribution in [3.05, 3.63) is 38.7 Å². The van der Waals surface area contributed by atoms with E-state index in [2.05, 4.69) is 22.2 Å². The van der Waals surface area contributed by atoms with E-state index in [9.17, 15) is 19.2 Å². The number of hydrogen-bond acceptors (Lipinski definition) is 6. The normalized spacial score (nSPS) is 24.3. The molecule has 9 heteroatoms. The summed E-state index contributed by atoms with van der Waals surface area (Å²) in [5.41, 5.74) is -1.72. The van der Waals surface area contributed by atoms with E-state index in [0.717, 1.165) is 25.7 Å². The highest BCUT2D eigenvalue weighted by Gasteiger charge is 2.43. The number of esters is 1. The van der Waals surface area contributed by atoms with E-state index in [-0.39, 0.29) is 22.6 Å². The van der Waals surface area contributed by atoms with Gasteiger partial charge >= 0.3 is 11.7 Å². The number of pyridine rings is 1. The highest BCUT2D eigenvalue weighted by atomic mass is 16.5. The van der Waals surface area contributed by atoms with Gasteiger partial charge in [0.05, 0.1) is 18.1 Å². The zero-order chi connectivity index (χ0) is 20.8. The summed E-state index contributed by atoms with van der Waals surface area (Å²) in [6.45, 7) is 2.11. The number of carbonyl (C=O) groups excluding carboxylic acids is 2. The van der Waals surface area contributed by atoms with Gasteiger partial charge in [-0.3, -0.25) is 19.1 Å². The first-order valence-corrected chi connectivity index (χ1v) is 9.90. The second kappa shape index (κ2) is 7.13. The third-order valence-electron chi connectivity index (χ3n) is 6.01. The molecule has 0 aliphatic heterocycles. The Morgan fingerprint density at radius 1 is 1.24 bits per heavy atom. The highest BCUT2D eigenvalue weighted by Crippen LogP contribution is 2.35. The third kappa shape index (κ3) is 3.45. The number of nitrogens with one attached hydrogen (secondary N) is 2. The fourth-order valence-corrected chi connectivity index (χ4v) is 4.05. The topological polar surface area (TPSA) is 123 Å². The Balaban J connectivity index is 1.69. The van der Waals surface area contributed by atoms with Crippen LogP contribution in [0.25, 0.3) is 11.0 Å². The third-order valence-corrected chi connectivity index (χ3v) is 6.01. The van der Waals surface area contributed by atoms with Crippen LogP contribution in [0.3, 0.4) is 0 Å². The molecule has 4 rings (SSSR count). The Morgan fingerprint density at radius 3 is 2.55 bits per heavy atom. The zero-order valence-electron chi connectivity index (χ0n) is 16.5. The minimum Gasteiger partial charge on any atom is -0.467 e. The van der Waals surface area contributed by atoms with Gasteiger partial charge in [-0.1, -0.05) is 6.92 Å². The predicted octanol–water partition coefficient (Wildman–Crippen LogP) is 1.27. The average molecular weight is 400 g/mol. The van der Waals surface area contributed by atoms with Gasteiger partial charge in [0, 0.05) is 12.2 Å². The van der Waals surface area contributed by atoms with Gasteiger partial charge in [0.1, 0.15) is 11.2 Å². The first-order chi connectivity index (χ1) is 13.8. The molecule has 0 atom stereocenters. The maximum absolute atomic E-state index is 12.9. The van der Waals surface area contributed by atoms with Crippen molar-refractivity contribution >= 4 is 22.9 Å². The molecule has 154 valence electrons. The van der Waals surface area contributed by atoms with Crippen molar-refractivity contribution in [3.8, 4) is 0 Å². The van der Waals surface area contributed by atoms with E-state index >= 15 is 0 Å². The van der Waals surface area contributed by atoms with Crippen LogP contribution >= 0.6 is 0 Å². The number of H-pyrrole nitrogens is 1. The highest BCUT2D eigenvalue weighted by molar-refractivity contribution is 6.00. The molecule has 0 saturated heterocycles. The molecule has 2 fully saturated rings. The lowest BCUT2D eigenvalue weighted by atomic mass is 9.77. The van der Waals surface area contributed by atoms with Gasteiger partial charge in [-0.2, -0.15) is 0 Å². The van der Waals surface area contributed by atoms with Crippen molar-refractivity contribution < 1.29 is 14.3 Å². The smallest absolute Gasteiger partial charge is 0.331 e. The fourth-order valence-electron chi connectivity index (χ4n) is 4.05. The molecule has 1 amide bonds. The molecule has 0 unspecified atom stereocenters. The van der Waals surface area contributed by atoms with Crippen LogP contribution in [0.15, 0.2) is 21.9 Å². The molecule has 2 N–H and O–H groups in total. The van der Waals surface area contributed by atoms with Gasteiger partial charge in [0.25, 0.3) is 11.5 Å². The van der Waals surface area contributed by atoms with E-state index in [1.807, 2.05) is 0 Å². The molecule has 0 aromatic carbocycles. The fraction of sp³-hybridized carbons (Fsp3) is 0.550. The van der Waals surface area contributed by atoms with Gasteiger partial charge in [0.2, 0.25) is 0 Å². The van der Waals surface area contributed by atoms with Gasteiger partial charge in [0.15, 0.2) is 0 Å². The van der Waals surface area contributed by atoms with E-state index in [1.54, 1.807) is 0 Å². The van der Waals surface area contributed by atoms with Crippen LogP contribution in [0, 0.1) is 5.92 Å². The summed E-state index contributed by atoms with van der Waals surface area (Å²) < 4.78 is 6.42. The Labute approximate surface area is 166 Å². The van der Waals surface area contributed by atoms with Crippen molar-refractivity contribution in [2.75, 3.05) is 7.11 Å². The summed E-state index contributed by atoms with van der Waals surface area (Å²) in [6, 6.07) is 1.45. The van der Waals surface area contributed by atoms with Crippen LogP contribution in [0.1, 0.15) is 61.8 Å². The van der Waals surface area contributed by atoms with Gasteiger partial charge in [-0.15, -0.1) is 0 Å². The molecular formula is C20H24N4O5. The Morgan fingerprint density at radius 2 is 1.93 bits per heavy atom. The number of rotatable bonds is 4. The quantitative estimate of drug-likeness (QED) is 0.745. The minimum atomic E-state index is -1.08. The second-order valence-electron chi connectivity index (χ2n) is 8.17. The number of nitrogens with zero attached hydrogens (tertiary/aromatic N) is 2. The lowest BCUT2D eigenvalue weighted by molar-refractivity contribution is -0.150. The number of fused-ring (bicyclic) bond motifs is 1. The summed E-state index contributed by atoms with van der Waals surface area (Å²) in [4.78, 5) is 56.3. The maximum atomic E-state index is 12.9. The van der Waals surface area contributed by atoms with Crippen LogP contribution < -0.4 is 16.6 Å². The molecule has 2 aromatic rings. The number of methoxy groups -OCH3 is 1. The molecular weight excluding hydrogens is 376 g/mol. The molecule has 0 radical (unpaired) electrons. The van der Waals surface area contributed by atoms with Gasteiger partial charge in [-0.05, 0) is 50.5 Å². The van der Waals surface area contributed by atoms with Crippen molar-refractivity contribution in [3.63, 3.8) is 0 Å². The van der Waals surface area contributed by atoms with Crippen LogP contribution in [0.2, 0.25) is 0 Å². The summed E-state index contributed by atoms with van der Waals surface area (Å²) >= 11 is 0. The number of ether oxygens (including phenoxy) is 1. The monoisotopic (exact) mass is 400 g/mol. The zero-order valence-corrected chi connectivity index (χ0v) is 16.5. The van der Waals surface area contributed by atoms with Crippen molar-refractivity contribution in [2.45, 2.75) is 57.0 Å². The lowest BCUT2D eigenvalue weighted by Crippen LogP contribution is -2.56. The van der Waals surface area contributed by atoms with Crippen molar-refractivity contribution in [1.82, 2.24) is 19.9 Å². The number of aromatic nitrogens is 3. The molecule has 0 spiro atoms. The van der Waals surface area contributed by atoms with E-state index < -0.39 is 28.7 Å². The standard InChI is InChI=1S/C20H24N4O5/c1-11-5-7-20(8-6-11,18(27)29-2)23-16(25)12-9-14-15(21-10-12)24(13-3-4-13)19(28)22-17(14)26/h9-11,13H,3-8H2,1-2H3,(H,23,25)(H,22,26,28). The first-order valence-electron chi connectivity index (χ1n) is 9.90. The molecule has 2 heterocycles. The maximum Gasteiger partial charge on any atom is 0.331 e. The molecule has 9 nitrogen and oxygen atoms in total. The molecule has 2 aromatic heterocycles. The Hall–Kier alpha value is -2.97. The van der Waals surface area contributed by atoms with Gasteiger partial charge in [-0.25, -0.2) is 14.6 Å². The molecule has 2 saturated carbocycles. The first kappa shape index (κ1) is 19.4. The summed E-state index contributed by atoms with van der Waals surface area (Å²) in [5, 5.41) is 3.01. The van der Waals surface area contributed by atoms with Crippen LogP contribution in [0.4, 0.5) is 0 Å². The molecule has 2 aliphatic rings. The SMILES string of the molecule is COC(=O)C1(NC(=O)c2cnc3c(c2)c(=O)[nH]c(=O)n3C2CC2)CCC(C)CC1. The van der Waals surface area contributed by atoms with Crippen molar-refractivity contribution in [1.29, 1.82) is 0 Å². The van der Waals surface area contributed by atoms with Crippen LogP contribution in [-0.4, -0.2) is 39.1 Å². The van der Waals surface area contributed by atoms with E-state index in [1.165, 1.54) is 23.9 Å². The summed E-state index contributed by atoms with van der Waals surface area (Å²) in [5.74, 6) is -0.487. The summed E-state index contributed by atoms with van der Waals surface area (Å²) in [7, 11) is 1.31. The second-order valence-corrected chi connectivity index (χ2v) is 8.17. The number of aromatic amines is 1. The van der Waals surface area contributed by atoms with Crippen LogP contribution in [0.5, 0.6) is 0 Å². The molecule has 2 aliphatic carbocycles. The predicted molar refractivity (Wildman–Crippen MR) is 105 cm³/mol. The van der Waals surface area contributed by atoms with Crippen molar-refractivity contribution in [2.24, 2.45) is 5.92 Å². The number of carbonyl (C=O) groups is 2. The summed E-state index contributed by atoms with van der Waals surface area (Å²) in [6.07, 6.45) is 5.64.